The summed E-state index contributed by atoms with van der Waals surface area (Å²) >= 11 is 0. The van der Waals surface area contributed by atoms with Crippen LogP contribution >= 0.6 is 0 Å². The molecule has 1 aliphatic rings. The molecule has 2 aromatic heterocycles. The van der Waals surface area contributed by atoms with Gasteiger partial charge in [-0.1, -0.05) is 0 Å². The predicted octanol–water partition coefficient (Wildman–Crippen LogP) is 4.87. The molecule has 0 radical (unpaired) electrons. The number of amides is 1. The molecule has 0 bridgehead atoms. The summed E-state index contributed by atoms with van der Waals surface area (Å²) in [5, 5.41) is 42.6. The molecule has 10 nitrogen and oxygen atoms in total. The Morgan fingerprint density at radius 1 is 1.17 bits per heavy atom. The van der Waals surface area contributed by atoms with E-state index in [0.717, 1.165) is 6.20 Å². The number of carbonyl (C=O) groups excluding carboxylic acids is 1. The zero-order valence-corrected chi connectivity index (χ0v) is 23.0. The van der Waals surface area contributed by atoms with Crippen LogP contribution in [-0.2, 0) is 12.7 Å². The second kappa shape index (κ2) is 10.1. The molecule has 14 heteroatoms. The van der Waals surface area contributed by atoms with Crippen molar-refractivity contribution in [1.29, 1.82) is 10.5 Å². The number of aromatic nitrogens is 4. The van der Waals surface area contributed by atoms with Crippen molar-refractivity contribution in [2.45, 2.75) is 58.9 Å². The van der Waals surface area contributed by atoms with Gasteiger partial charge in [-0.2, -0.15) is 33.9 Å². The van der Waals surface area contributed by atoms with Crippen LogP contribution in [-0.4, -0.2) is 48.5 Å². The molecule has 3 aromatic rings. The summed E-state index contributed by atoms with van der Waals surface area (Å²) < 4.78 is 58.1. The van der Waals surface area contributed by atoms with Crippen LogP contribution in [0.4, 0.5) is 23.4 Å². The number of allylic oxidation sites excluding steroid dienone is 4. The van der Waals surface area contributed by atoms with Crippen LogP contribution in [0, 0.1) is 35.4 Å². The van der Waals surface area contributed by atoms with E-state index < -0.39 is 47.2 Å². The third kappa shape index (κ3) is 5.02. The van der Waals surface area contributed by atoms with Crippen LogP contribution in [0.2, 0.25) is 0 Å². The Morgan fingerprint density at radius 3 is 2.27 bits per heavy atom. The highest BCUT2D eigenvalue weighted by Crippen LogP contribution is 2.43. The first-order valence-corrected chi connectivity index (χ1v) is 12.3. The summed E-state index contributed by atoms with van der Waals surface area (Å²) in [4.78, 5) is 14.8. The van der Waals surface area contributed by atoms with E-state index in [0.29, 0.717) is 16.1 Å². The van der Waals surface area contributed by atoms with Crippen molar-refractivity contribution < 1.29 is 27.5 Å². The second-order valence-electron chi connectivity index (χ2n) is 10.4. The van der Waals surface area contributed by atoms with E-state index in [1.807, 2.05) is 0 Å². The molecule has 0 spiro atoms. The Kier molecular flexibility index (Phi) is 7.18. The number of nitrogens with zero attached hydrogens (tertiary/aromatic N) is 6. The summed E-state index contributed by atoms with van der Waals surface area (Å²) in [5.41, 5.74) is -2.15. The maximum absolute atomic E-state index is 15.8. The normalized spacial score (nSPS) is 15.0. The predicted molar refractivity (Wildman–Crippen MR) is 139 cm³/mol. The van der Waals surface area contributed by atoms with Gasteiger partial charge in [0.05, 0.1) is 58.6 Å². The van der Waals surface area contributed by atoms with Crippen LogP contribution in [0.5, 0.6) is 0 Å². The lowest BCUT2D eigenvalue weighted by Crippen LogP contribution is -2.30. The largest absolute Gasteiger partial charge is 0.433 e. The number of carbonyl (C=O) groups is 1. The lowest BCUT2D eigenvalue weighted by atomic mass is 9.80. The maximum atomic E-state index is 15.8. The number of alkyl halides is 3. The Balaban J connectivity index is 1.84. The van der Waals surface area contributed by atoms with Crippen LogP contribution < -0.4 is 5.32 Å². The number of aliphatic hydroxyl groups is 1. The fourth-order valence-electron chi connectivity index (χ4n) is 4.92. The van der Waals surface area contributed by atoms with E-state index in [1.165, 1.54) is 26.8 Å². The minimum absolute atomic E-state index is 0.0271. The monoisotopic (exact) mass is 570 g/mol. The Hall–Kier alpha value is -4.69. The molecule has 4 rings (SSSR count). The highest BCUT2D eigenvalue weighted by atomic mass is 19.4. The summed E-state index contributed by atoms with van der Waals surface area (Å²) in [6, 6.07) is 5.47. The molecule has 0 saturated heterocycles. The third-order valence-electron chi connectivity index (χ3n) is 7.10. The van der Waals surface area contributed by atoms with E-state index in [1.54, 1.807) is 25.8 Å². The standard InChI is InChI=1S/C27H26F4N8O2/c1-12-21(28)15(20-17(8-32)13(2)38(6)14(3)18(20)9-33)7-16-22(12)36-37-24(16)35-25(40)19-10-34-39(11-26(4,5)41)23(19)27(29,30)31/h7,10,20,41H,11H2,1-6H3,(H2,35,36,37,40). The van der Waals surface area contributed by atoms with Gasteiger partial charge in [-0.05, 0) is 40.7 Å². The molecule has 3 N–H and O–H groups in total. The molecular formula is C27H26F4N8O2. The van der Waals surface area contributed by atoms with Crippen molar-refractivity contribution in [3.63, 3.8) is 0 Å². The van der Waals surface area contributed by atoms with Crippen LogP contribution in [0.15, 0.2) is 34.8 Å². The number of benzene rings is 1. The fraction of sp³-hybridized carbons (Fsp3) is 0.370. The molecule has 1 aromatic carbocycles. The average Bonchev–Trinajstić information content (AvgIpc) is 3.48. The van der Waals surface area contributed by atoms with E-state index in [4.69, 9.17) is 0 Å². The first kappa shape index (κ1) is 29.3. The lowest BCUT2D eigenvalue weighted by molar-refractivity contribution is -0.145. The Morgan fingerprint density at radius 2 is 1.76 bits per heavy atom. The Bertz CT molecular complexity index is 1690. The molecule has 0 unspecified atom stereocenters. The second-order valence-corrected chi connectivity index (χ2v) is 10.4. The fourth-order valence-corrected chi connectivity index (χ4v) is 4.92. The molecular weight excluding hydrogens is 544 g/mol. The number of halogens is 4. The zero-order chi connectivity index (χ0) is 30.6. The van der Waals surface area contributed by atoms with Gasteiger partial charge in [0.2, 0.25) is 0 Å². The number of nitriles is 2. The molecule has 1 aliphatic heterocycles. The number of rotatable bonds is 5. The quantitative estimate of drug-likeness (QED) is 0.371. The van der Waals surface area contributed by atoms with Gasteiger partial charge in [0.1, 0.15) is 5.82 Å². The van der Waals surface area contributed by atoms with Gasteiger partial charge in [-0.15, -0.1) is 0 Å². The van der Waals surface area contributed by atoms with Crippen molar-refractivity contribution in [1.82, 2.24) is 24.9 Å². The van der Waals surface area contributed by atoms with Crippen molar-refractivity contribution in [2.24, 2.45) is 0 Å². The minimum Gasteiger partial charge on any atom is -0.389 e. The van der Waals surface area contributed by atoms with Gasteiger partial charge in [-0.3, -0.25) is 14.6 Å². The maximum Gasteiger partial charge on any atom is 0.433 e. The number of hydrogen-bond acceptors (Lipinski definition) is 7. The molecule has 0 fully saturated rings. The molecule has 214 valence electrons. The molecule has 0 aliphatic carbocycles. The van der Waals surface area contributed by atoms with E-state index >= 15 is 4.39 Å². The number of H-pyrrole nitrogens is 1. The van der Waals surface area contributed by atoms with Crippen LogP contribution in [0.1, 0.15) is 60.8 Å². The summed E-state index contributed by atoms with van der Waals surface area (Å²) in [7, 11) is 1.68. The van der Waals surface area contributed by atoms with Gasteiger partial charge in [0.15, 0.2) is 11.5 Å². The number of aromatic amines is 1. The SMILES string of the molecule is CC1=C(C#N)C(c2cc3c(NC(=O)c4cnn(CC(C)(C)O)c4C(F)(F)F)n[nH]c3c(C)c2F)C(C#N)=C(C)N1C. The van der Waals surface area contributed by atoms with Crippen LogP contribution in [0.3, 0.4) is 0 Å². The van der Waals surface area contributed by atoms with Crippen molar-refractivity contribution in [3.05, 3.63) is 63.0 Å². The number of fused-ring (bicyclic) bond motifs is 1. The molecule has 41 heavy (non-hydrogen) atoms. The zero-order valence-electron chi connectivity index (χ0n) is 23.0. The van der Waals surface area contributed by atoms with Gasteiger partial charge < -0.3 is 15.3 Å². The molecule has 3 heterocycles. The minimum atomic E-state index is -4.97. The topological polar surface area (TPSA) is 147 Å². The Labute approximate surface area is 232 Å². The number of hydrogen-bond donors (Lipinski definition) is 3. The number of nitrogens with one attached hydrogen (secondary N) is 2. The summed E-state index contributed by atoms with van der Waals surface area (Å²) in [6.07, 6.45) is -4.23. The lowest BCUT2D eigenvalue weighted by Gasteiger charge is -2.33. The summed E-state index contributed by atoms with van der Waals surface area (Å²) in [6.45, 7) is 6.86. The average molecular weight is 571 g/mol. The highest BCUT2D eigenvalue weighted by Gasteiger charge is 2.41. The van der Waals surface area contributed by atoms with Crippen LogP contribution in [0.25, 0.3) is 10.9 Å². The smallest absolute Gasteiger partial charge is 0.389 e. The molecule has 0 atom stereocenters. The first-order chi connectivity index (χ1) is 19.0. The molecule has 0 saturated carbocycles. The van der Waals surface area contributed by atoms with Crippen molar-refractivity contribution >= 4 is 22.6 Å². The first-order valence-electron chi connectivity index (χ1n) is 12.3. The number of anilines is 1. The van der Waals surface area contributed by atoms with Gasteiger partial charge >= 0.3 is 6.18 Å². The summed E-state index contributed by atoms with van der Waals surface area (Å²) in [5.74, 6) is -3.14. The van der Waals surface area contributed by atoms with Crippen molar-refractivity contribution in [2.75, 3.05) is 12.4 Å². The third-order valence-corrected chi connectivity index (χ3v) is 7.10. The van der Waals surface area contributed by atoms with Gasteiger partial charge in [0, 0.05) is 35.0 Å². The number of aryl methyl sites for hydroxylation is 1. The van der Waals surface area contributed by atoms with E-state index in [-0.39, 0.29) is 39.0 Å². The van der Waals surface area contributed by atoms with Gasteiger partial charge in [0.25, 0.3) is 5.91 Å². The van der Waals surface area contributed by atoms with E-state index in [2.05, 4.69) is 32.8 Å². The van der Waals surface area contributed by atoms with Gasteiger partial charge in [-0.25, -0.2) is 4.39 Å². The van der Waals surface area contributed by atoms with E-state index in [9.17, 15) is 33.6 Å². The highest BCUT2D eigenvalue weighted by molar-refractivity contribution is 6.09. The van der Waals surface area contributed by atoms with Crippen molar-refractivity contribution in [3.8, 4) is 12.1 Å². The molecule has 1 amide bonds.